The van der Waals surface area contributed by atoms with Gasteiger partial charge in [-0.05, 0) is 37.0 Å². The SMILES string of the molecule is COc1ccc(NC(=O)[C@@H]2CCCC[C@H]2C(=O)N2CCc3ccccc32)cn1. The second kappa shape index (κ2) is 8.00. The van der Waals surface area contributed by atoms with E-state index in [9.17, 15) is 9.59 Å². The molecule has 2 amide bonds. The molecule has 0 spiro atoms. The third-order valence-corrected chi connectivity index (χ3v) is 5.79. The maximum atomic E-state index is 13.3. The topological polar surface area (TPSA) is 71.5 Å². The van der Waals surface area contributed by atoms with E-state index in [0.717, 1.165) is 37.8 Å². The summed E-state index contributed by atoms with van der Waals surface area (Å²) < 4.78 is 5.05. The van der Waals surface area contributed by atoms with Gasteiger partial charge in [-0.25, -0.2) is 4.98 Å². The van der Waals surface area contributed by atoms with Crippen LogP contribution in [-0.2, 0) is 16.0 Å². The van der Waals surface area contributed by atoms with Gasteiger partial charge in [0.15, 0.2) is 0 Å². The van der Waals surface area contributed by atoms with Crippen molar-refractivity contribution in [2.45, 2.75) is 32.1 Å². The van der Waals surface area contributed by atoms with Gasteiger partial charge in [0.1, 0.15) is 0 Å². The summed E-state index contributed by atoms with van der Waals surface area (Å²) in [6, 6.07) is 11.5. The van der Waals surface area contributed by atoms with Crippen LogP contribution in [0.5, 0.6) is 5.88 Å². The molecule has 0 unspecified atom stereocenters. The summed E-state index contributed by atoms with van der Waals surface area (Å²) >= 11 is 0. The highest BCUT2D eigenvalue weighted by atomic mass is 16.5. The predicted molar refractivity (Wildman–Crippen MR) is 107 cm³/mol. The number of amides is 2. The summed E-state index contributed by atoms with van der Waals surface area (Å²) in [7, 11) is 1.55. The smallest absolute Gasteiger partial charge is 0.230 e. The maximum absolute atomic E-state index is 13.3. The van der Waals surface area contributed by atoms with Crippen LogP contribution >= 0.6 is 0 Å². The van der Waals surface area contributed by atoms with Crippen LogP contribution < -0.4 is 15.0 Å². The van der Waals surface area contributed by atoms with Gasteiger partial charge in [-0.1, -0.05) is 31.0 Å². The van der Waals surface area contributed by atoms with E-state index in [0.29, 0.717) is 18.1 Å². The highest BCUT2D eigenvalue weighted by molar-refractivity contribution is 6.02. The second-order valence-electron chi connectivity index (χ2n) is 7.44. The van der Waals surface area contributed by atoms with Crippen LogP contribution in [0.1, 0.15) is 31.2 Å². The van der Waals surface area contributed by atoms with Crippen molar-refractivity contribution in [3.63, 3.8) is 0 Å². The van der Waals surface area contributed by atoms with Crippen molar-refractivity contribution >= 4 is 23.2 Å². The van der Waals surface area contributed by atoms with Crippen LogP contribution in [0.2, 0.25) is 0 Å². The van der Waals surface area contributed by atoms with Crippen LogP contribution in [0.15, 0.2) is 42.6 Å². The Morgan fingerprint density at radius 2 is 1.89 bits per heavy atom. The molecule has 1 aliphatic carbocycles. The summed E-state index contributed by atoms with van der Waals surface area (Å²) in [5.74, 6) is -0.103. The molecule has 1 aromatic carbocycles. The molecule has 6 heteroatoms. The molecule has 1 fully saturated rings. The largest absolute Gasteiger partial charge is 0.481 e. The molecule has 2 atom stereocenters. The normalized spacial score (nSPS) is 21.1. The first-order valence-corrected chi connectivity index (χ1v) is 9.87. The zero-order valence-electron chi connectivity index (χ0n) is 16.1. The van der Waals surface area contributed by atoms with Crippen molar-refractivity contribution < 1.29 is 14.3 Å². The number of pyridine rings is 1. The fraction of sp³-hybridized carbons (Fsp3) is 0.409. The quantitative estimate of drug-likeness (QED) is 0.884. The van der Waals surface area contributed by atoms with Crippen LogP contribution in [0.3, 0.4) is 0 Å². The molecular formula is C22H25N3O3. The maximum Gasteiger partial charge on any atom is 0.230 e. The number of fused-ring (bicyclic) bond motifs is 1. The number of hydrogen-bond acceptors (Lipinski definition) is 4. The predicted octanol–water partition coefficient (Wildman–Crippen LogP) is 3.42. The standard InChI is InChI=1S/C22H25N3O3/c1-28-20-11-10-16(14-23-20)24-21(26)17-7-3-4-8-18(17)22(27)25-13-12-15-6-2-5-9-19(15)25/h2,5-6,9-11,14,17-18H,3-4,7-8,12-13H2,1H3,(H,24,26)/t17-,18-/m1/s1. The lowest BCUT2D eigenvalue weighted by atomic mass is 9.77. The van der Waals surface area contributed by atoms with E-state index in [4.69, 9.17) is 4.74 Å². The number of carbonyl (C=O) groups is 2. The number of methoxy groups -OCH3 is 1. The molecule has 0 saturated heterocycles. The number of carbonyl (C=O) groups excluding carboxylic acids is 2. The molecule has 1 N–H and O–H groups in total. The molecule has 4 rings (SSSR count). The van der Waals surface area contributed by atoms with E-state index in [1.165, 1.54) is 5.56 Å². The van der Waals surface area contributed by atoms with E-state index < -0.39 is 0 Å². The Labute approximate surface area is 164 Å². The minimum Gasteiger partial charge on any atom is -0.481 e. The zero-order chi connectivity index (χ0) is 19.5. The number of ether oxygens (including phenoxy) is 1. The molecule has 6 nitrogen and oxygen atoms in total. The van der Waals surface area contributed by atoms with Gasteiger partial charge in [-0.15, -0.1) is 0 Å². The average Bonchev–Trinajstić information content (AvgIpc) is 3.18. The molecule has 1 aliphatic heterocycles. The lowest BCUT2D eigenvalue weighted by molar-refractivity contribution is -0.132. The average molecular weight is 379 g/mol. The van der Waals surface area contributed by atoms with E-state index >= 15 is 0 Å². The minimum absolute atomic E-state index is 0.0812. The number of aromatic nitrogens is 1. The van der Waals surface area contributed by atoms with Crippen LogP contribution in [0.4, 0.5) is 11.4 Å². The van der Waals surface area contributed by atoms with Gasteiger partial charge in [0.05, 0.1) is 24.9 Å². The van der Waals surface area contributed by atoms with Gasteiger partial charge in [0, 0.05) is 24.2 Å². The van der Waals surface area contributed by atoms with Crippen LogP contribution in [-0.4, -0.2) is 30.5 Å². The first-order chi connectivity index (χ1) is 13.7. The third-order valence-electron chi connectivity index (χ3n) is 5.79. The minimum atomic E-state index is -0.309. The van der Waals surface area contributed by atoms with E-state index in [1.807, 2.05) is 23.1 Å². The Hall–Kier alpha value is -2.89. The van der Waals surface area contributed by atoms with Gasteiger partial charge in [-0.3, -0.25) is 9.59 Å². The summed E-state index contributed by atoms with van der Waals surface area (Å²) in [6.07, 6.45) is 5.91. The van der Waals surface area contributed by atoms with Crippen molar-refractivity contribution in [2.24, 2.45) is 11.8 Å². The van der Waals surface area contributed by atoms with Crippen molar-refractivity contribution in [1.29, 1.82) is 0 Å². The fourth-order valence-corrected chi connectivity index (χ4v) is 4.32. The van der Waals surface area contributed by atoms with Gasteiger partial charge in [0.25, 0.3) is 0 Å². The Morgan fingerprint density at radius 3 is 2.64 bits per heavy atom. The molecular weight excluding hydrogens is 354 g/mol. The first kappa shape index (κ1) is 18.5. The Morgan fingerprint density at radius 1 is 1.11 bits per heavy atom. The molecule has 28 heavy (non-hydrogen) atoms. The summed E-state index contributed by atoms with van der Waals surface area (Å²) in [4.78, 5) is 32.3. The number of para-hydroxylation sites is 1. The molecule has 0 radical (unpaired) electrons. The highest BCUT2D eigenvalue weighted by Crippen LogP contribution is 2.36. The Bertz CT molecular complexity index is 866. The van der Waals surface area contributed by atoms with Crippen molar-refractivity contribution in [3.8, 4) is 5.88 Å². The lowest BCUT2D eigenvalue weighted by Crippen LogP contribution is -2.43. The summed E-state index contributed by atoms with van der Waals surface area (Å²) in [5.41, 5.74) is 2.82. The number of nitrogens with zero attached hydrogens (tertiary/aromatic N) is 2. The Balaban J connectivity index is 1.49. The molecule has 2 aliphatic rings. The van der Waals surface area contributed by atoms with Crippen molar-refractivity contribution in [3.05, 3.63) is 48.2 Å². The third kappa shape index (κ3) is 3.59. The first-order valence-electron chi connectivity index (χ1n) is 9.87. The Kier molecular flexibility index (Phi) is 5.28. The monoisotopic (exact) mass is 379 g/mol. The fourth-order valence-electron chi connectivity index (χ4n) is 4.32. The highest BCUT2D eigenvalue weighted by Gasteiger charge is 2.39. The molecule has 1 aromatic heterocycles. The van der Waals surface area contributed by atoms with Crippen LogP contribution in [0.25, 0.3) is 0 Å². The van der Waals surface area contributed by atoms with Gasteiger partial charge < -0.3 is 15.0 Å². The molecule has 2 aromatic rings. The van der Waals surface area contributed by atoms with E-state index in [-0.39, 0.29) is 23.7 Å². The molecule has 146 valence electrons. The van der Waals surface area contributed by atoms with E-state index in [1.54, 1.807) is 25.4 Å². The number of hydrogen-bond donors (Lipinski definition) is 1. The molecule has 1 saturated carbocycles. The molecule has 2 heterocycles. The number of benzene rings is 1. The summed E-state index contributed by atoms with van der Waals surface area (Å²) in [5, 5.41) is 2.93. The van der Waals surface area contributed by atoms with Crippen molar-refractivity contribution in [1.82, 2.24) is 4.98 Å². The van der Waals surface area contributed by atoms with Crippen LogP contribution in [0, 0.1) is 11.8 Å². The summed E-state index contributed by atoms with van der Waals surface area (Å²) in [6.45, 7) is 0.700. The zero-order valence-corrected chi connectivity index (χ0v) is 16.1. The van der Waals surface area contributed by atoms with E-state index in [2.05, 4.69) is 16.4 Å². The number of anilines is 2. The van der Waals surface area contributed by atoms with Gasteiger partial charge >= 0.3 is 0 Å². The second-order valence-corrected chi connectivity index (χ2v) is 7.44. The number of nitrogens with one attached hydrogen (secondary N) is 1. The van der Waals surface area contributed by atoms with Gasteiger partial charge in [-0.2, -0.15) is 0 Å². The lowest BCUT2D eigenvalue weighted by Gasteiger charge is -2.32. The number of rotatable bonds is 4. The molecule has 0 bridgehead atoms. The van der Waals surface area contributed by atoms with Crippen molar-refractivity contribution in [2.75, 3.05) is 23.9 Å². The van der Waals surface area contributed by atoms with Gasteiger partial charge in [0.2, 0.25) is 17.7 Å².